The first kappa shape index (κ1) is 18.4. The van der Waals surface area contributed by atoms with Gasteiger partial charge in [0.1, 0.15) is 11.6 Å². The van der Waals surface area contributed by atoms with Crippen LogP contribution in [0.3, 0.4) is 0 Å². The fourth-order valence-corrected chi connectivity index (χ4v) is 3.87. The lowest BCUT2D eigenvalue weighted by atomic mass is 10.1. The van der Waals surface area contributed by atoms with Crippen molar-refractivity contribution in [2.24, 2.45) is 0 Å². The maximum absolute atomic E-state index is 14.0. The van der Waals surface area contributed by atoms with Gasteiger partial charge >= 0.3 is 0 Å². The van der Waals surface area contributed by atoms with Crippen LogP contribution in [0, 0.1) is 12.7 Å². The molecule has 7 heteroatoms. The highest BCUT2D eigenvalue weighted by Gasteiger charge is 2.29. The zero-order chi connectivity index (χ0) is 19.8. The van der Waals surface area contributed by atoms with E-state index in [2.05, 4.69) is 20.9 Å². The number of hydrogen-bond acceptors (Lipinski definition) is 4. The van der Waals surface area contributed by atoms with Crippen LogP contribution in [0.5, 0.6) is 5.75 Å². The highest BCUT2D eigenvalue weighted by Crippen LogP contribution is 2.43. The van der Waals surface area contributed by atoms with Crippen molar-refractivity contribution in [2.45, 2.75) is 19.9 Å². The molecule has 2 heterocycles. The Bertz CT molecular complexity index is 1090. The van der Waals surface area contributed by atoms with Crippen LogP contribution in [-0.2, 0) is 11.3 Å². The number of anilines is 1. The van der Waals surface area contributed by atoms with E-state index in [1.807, 2.05) is 0 Å². The molecule has 1 N–H and O–H groups in total. The summed E-state index contributed by atoms with van der Waals surface area (Å²) in [4.78, 5) is 18.6. The molecule has 0 radical (unpaired) electrons. The lowest BCUT2D eigenvalue weighted by Crippen LogP contribution is -2.30. The molecular formula is C21H16BrFN2O3. The minimum atomic E-state index is -0.322. The van der Waals surface area contributed by atoms with E-state index in [1.165, 1.54) is 18.5 Å². The van der Waals surface area contributed by atoms with Crippen molar-refractivity contribution >= 4 is 37.6 Å². The number of aromatic nitrogens is 1. The summed E-state index contributed by atoms with van der Waals surface area (Å²) < 4.78 is 20.1. The molecule has 0 unspecified atom stereocenters. The summed E-state index contributed by atoms with van der Waals surface area (Å²) in [6.45, 7) is 1.87. The number of rotatable bonds is 3. The number of carbonyl (C=O) groups excluding carboxylic acids is 1. The average molecular weight is 443 g/mol. The molecule has 1 aromatic heterocycles. The zero-order valence-corrected chi connectivity index (χ0v) is 16.5. The van der Waals surface area contributed by atoms with Crippen molar-refractivity contribution in [2.75, 3.05) is 4.90 Å². The third kappa shape index (κ3) is 3.33. The van der Waals surface area contributed by atoms with Crippen LogP contribution in [0.4, 0.5) is 10.1 Å². The minimum absolute atomic E-state index is 0.0371. The molecule has 1 amide bonds. The molecule has 1 aliphatic heterocycles. The van der Waals surface area contributed by atoms with Crippen molar-refractivity contribution in [1.29, 1.82) is 0 Å². The van der Waals surface area contributed by atoms with Crippen LogP contribution in [-0.4, -0.2) is 16.0 Å². The molecular weight excluding hydrogens is 427 g/mol. The van der Waals surface area contributed by atoms with Crippen LogP contribution in [0.25, 0.3) is 10.1 Å². The number of oxazole rings is 1. The summed E-state index contributed by atoms with van der Waals surface area (Å²) in [5.74, 6) is 0.00349. The van der Waals surface area contributed by atoms with E-state index in [1.54, 1.807) is 42.3 Å². The first-order chi connectivity index (χ1) is 13.4. The normalized spacial score (nSPS) is 14.2. The van der Waals surface area contributed by atoms with Crippen molar-refractivity contribution in [3.05, 3.63) is 77.3 Å². The first-order valence-corrected chi connectivity index (χ1v) is 9.39. The Balaban J connectivity index is 1.82. The van der Waals surface area contributed by atoms with Gasteiger partial charge in [0.15, 0.2) is 12.2 Å². The van der Waals surface area contributed by atoms with Gasteiger partial charge in [-0.05, 0) is 52.2 Å². The Morgan fingerprint density at radius 3 is 2.82 bits per heavy atom. The largest absolute Gasteiger partial charge is 0.508 e. The molecule has 28 heavy (non-hydrogen) atoms. The van der Waals surface area contributed by atoms with Gasteiger partial charge in [-0.2, -0.15) is 0 Å². The molecule has 0 spiro atoms. The molecule has 142 valence electrons. The molecule has 0 saturated heterocycles. The number of fused-ring (bicyclic) bond motifs is 1. The topological polar surface area (TPSA) is 66.6 Å². The molecule has 0 bridgehead atoms. The van der Waals surface area contributed by atoms with Gasteiger partial charge in [0.25, 0.3) is 0 Å². The summed E-state index contributed by atoms with van der Waals surface area (Å²) in [6, 6.07) is 9.71. The molecule has 0 atom stereocenters. The highest BCUT2D eigenvalue weighted by atomic mass is 79.9. The summed E-state index contributed by atoms with van der Waals surface area (Å²) in [5.41, 5.74) is 3.12. The van der Waals surface area contributed by atoms with E-state index >= 15 is 0 Å². The van der Waals surface area contributed by atoms with E-state index in [0.29, 0.717) is 32.6 Å². The second-order valence-electron chi connectivity index (χ2n) is 6.60. The van der Waals surface area contributed by atoms with Crippen molar-refractivity contribution < 1.29 is 18.7 Å². The molecule has 0 fully saturated rings. The Hall–Kier alpha value is -2.93. The minimum Gasteiger partial charge on any atom is -0.508 e. The fourth-order valence-electron chi connectivity index (χ4n) is 3.20. The third-order valence-electron chi connectivity index (χ3n) is 4.71. The van der Waals surface area contributed by atoms with Crippen LogP contribution >= 0.6 is 15.9 Å². The van der Waals surface area contributed by atoms with E-state index in [0.717, 1.165) is 5.56 Å². The number of aromatic hydroxyl groups is 1. The highest BCUT2D eigenvalue weighted by molar-refractivity contribution is 9.15. The summed E-state index contributed by atoms with van der Waals surface area (Å²) in [7, 11) is 0. The first-order valence-electron chi connectivity index (χ1n) is 8.60. The number of aryl methyl sites for hydroxylation is 1. The van der Waals surface area contributed by atoms with Crippen LogP contribution in [0.2, 0.25) is 0 Å². The number of phenols is 1. The number of phenolic OH excluding ortho intramolecular Hbond substituents is 1. The summed E-state index contributed by atoms with van der Waals surface area (Å²) in [5, 5.41) is 10.0. The Morgan fingerprint density at radius 1 is 1.29 bits per heavy atom. The molecule has 2 aromatic carbocycles. The predicted octanol–water partition coefficient (Wildman–Crippen LogP) is 5.03. The maximum atomic E-state index is 14.0. The Morgan fingerprint density at radius 2 is 2.11 bits per heavy atom. The van der Waals surface area contributed by atoms with Crippen molar-refractivity contribution in [1.82, 2.24) is 4.98 Å². The number of hydrogen-bond donors (Lipinski definition) is 1. The second kappa shape index (κ2) is 7.24. The van der Waals surface area contributed by atoms with Crippen LogP contribution in [0.15, 0.2) is 53.4 Å². The summed E-state index contributed by atoms with van der Waals surface area (Å²) in [6.07, 6.45) is 2.93. The van der Waals surface area contributed by atoms with Gasteiger partial charge in [-0.25, -0.2) is 9.37 Å². The number of nitrogens with zero attached hydrogens (tertiary/aromatic N) is 2. The van der Waals surface area contributed by atoms with Crippen molar-refractivity contribution in [3.63, 3.8) is 0 Å². The predicted molar refractivity (Wildman–Crippen MR) is 107 cm³/mol. The van der Waals surface area contributed by atoms with Gasteiger partial charge in [-0.1, -0.05) is 12.1 Å². The van der Waals surface area contributed by atoms with Crippen LogP contribution < -0.4 is 4.90 Å². The number of benzene rings is 2. The van der Waals surface area contributed by atoms with Gasteiger partial charge in [-0.15, -0.1) is 0 Å². The number of amides is 1. The van der Waals surface area contributed by atoms with E-state index in [4.69, 9.17) is 4.42 Å². The molecule has 0 saturated carbocycles. The maximum Gasteiger partial charge on any atom is 0.231 e. The fraction of sp³-hybridized carbons (Fsp3) is 0.143. The number of halogens is 2. The molecule has 1 aliphatic rings. The van der Waals surface area contributed by atoms with Gasteiger partial charge in [0.05, 0.1) is 24.8 Å². The van der Waals surface area contributed by atoms with E-state index in [9.17, 15) is 14.3 Å². The van der Waals surface area contributed by atoms with Gasteiger partial charge < -0.3 is 14.4 Å². The van der Waals surface area contributed by atoms with Crippen LogP contribution in [0.1, 0.15) is 28.9 Å². The molecule has 4 rings (SSSR count). The second-order valence-corrected chi connectivity index (χ2v) is 7.39. The monoisotopic (exact) mass is 442 g/mol. The molecule has 0 aliphatic carbocycles. The standard InChI is InChI=1S/C21H16BrFN2O3/c1-12-2-3-13(6-17(12)23)10-25-18-7-14(26)4-5-15(18)21(22)16(8-20(25)27)19-9-24-11-28-19/h2-7,9,11,26H,8,10H2,1H3. The lowest BCUT2D eigenvalue weighted by molar-refractivity contribution is -0.117. The Labute approximate surface area is 169 Å². The quantitative estimate of drug-likeness (QED) is 0.617. The van der Waals surface area contributed by atoms with Gasteiger partial charge in [0, 0.05) is 21.7 Å². The summed E-state index contributed by atoms with van der Waals surface area (Å²) >= 11 is 3.58. The molecule has 3 aromatic rings. The Kier molecular flexibility index (Phi) is 4.77. The van der Waals surface area contributed by atoms with E-state index < -0.39 is 0 Å². The average Bonchev–Trinajstić information content (AvgIpc) is 3.17. The SMILES string of the molecule is Cc1ccc(CN2C(=O)CC(c3cnco3)=C(Br)c3ccc(O)cc32)cc1F. The molecule has 5 nitrogen and oxygen atoms in total. The van der Waals surface area contributed by atoms with E-state index in [-0.39, 0.29) is 30.4 Å². The lowest BCUT2D eigenvalue weighted by Gasteiger charge is -2.24. The smallest absolute Gasteiger partial charge is 0.231 e. The van der Waals surface area contributed by atoms with Gasteiger partial charge in [-0.3, -0.25) is 4.79 Å². The van der Waals surface area contributed by atoms with Gasteiger partial charge in [0.2, 0.25) is 5.91 Å². The van der Waals surface area contributed by atoms with Crippen molar-refractivity contribution in [3.8, 4) is 5.75 Å². The number of carbonyl (C=O) groups is 1. The third-order valence-corrected chi connectivity index (χ3v) is 5.62. The zero-order valence-electron chi connectivity index (χ0n) is 14.9.